The highest BCUT2D eigenvalue weighted by molar-refractivity contribution is 5.88. The van der Waals surface area contributed by atoms with Crippen LogP contribution in [0.2, 0.25) is 0 Å². The van der Waals surface area contributed by atoms with Gasteiger partial charge in [-0.3, -0.25) is 9.59 Å². The van der Waals surface area contributed by atoms with Gasteiger partial charge in [-0.25, -0.2) is 0 Å². The topological polar surface area (TPSA) is 52.7 Å². The molecule has 25 heavy (non-hydrogen) atoms. The van der Waals surface area contributed by atoms with E-state index in [9.17, 15) is 9.59 Å². The Morgan fingerprint density at radius 3 is 2.64 bits per heavy atom. The molecule has 5 heteroatoms. The summed E-state index contributed by atoms with van der Waals surface area (Å²) in [5.41, 5.74) is 2.25. The summed E-state index contributed by atoms with van der Waals surface area (Å²) in [6, 6.07) is 7.90. The van der Waals surface area contributed by atoms with Crippen LogP contribution in [0.25, 0.3) is 0 Å². The van der Waals surface area contributed by atoms with E-state index < -0.39 is 0 Å². The Bertz CT molecular complexity index is 661. The van der Waals surface area contributed by atoms with E-state index in [4.69, 9.17) is 0 Å². The van der Waals surface area contributed by atoms with Crippen molar-refractivity contribution in [3.05, 3.63) is 42.0 Å². The lowest BCUT2D eigenvalue weighted by Crippen LogP contribution is -2.50. The molecule has 1 fully saturated rings. The minimum atomic E-state index is -0.374. The van der Waals surface area contributed by atoms with Crippen molar-refractivity contribution < 1.29 is 9.59 Å². The number of anilines is 1. The predicted octanol–water partition coefficient (Wildman–Crippen LogP) is 2.33. The molecule has 0 aliphatic carbocycles. The van der Waals surface area contributed by atoms with Gasteiger partial charge in [0.1, 0.15) is 6.04 Å². The maximum atomic E-state index is 12.7. The van der Waals surface area contributed by atoms with Crippen LogP contribution in [-0.2, 0) is 16.1 Å². The standard InChI is InChI=1S/C20H27N3O2/c1-15(2)19(23-12-6-9-18(23)24)20(25)21-14-16-7-5-8-17(13-16)22-10-3-4-11-22/h3-5,7-8,13,15,19H,6,9-12,14H2,1-2H3,(H,21,25)/t19-/m0/s1. The van der Waals surface area contributed by atoms with Gasteiger partial charge in [0.15, 0.2) is 0 Å². The maximum Gasteiger partial charge on any atom is 0.243 e. The third-order valence-corrected chi connectivity index (χ3v) is 4.91. The van der Waals surface area contributed by atoms with E-state index in [1.54, 1.807) is 4.90 Å². The van der Waals surface area contributed by atoms with Crippen molar-refractivity contribution in [2.24, 2.45) is 5.92 Å². The monoisotopic (exact) mass is 341 g/mol. The van der Waals surface area contributed by atoms with Gasteiger partial charge in [0.05, 0.1) is 0 Å². The number of nitrogens with one attached hydrogen (secondary N) is 1. The lowest BCUT2D eigenvalue weighted by molar-refractivity contribution is -0.139. The van der Waals surface area contributed by atoms with E-state index in [1.807, 2.05) is 26.0 Å². The highest BCUT2D eigenvalue weighted by atomic mass is 16.2. The van der Waals surface area contributed by atoms with Gasteiger partial charge in [-0.2, -0.15) is 0 Å². The second-order valence-electron chi connectivity index (χ2n) is 7.14. The van der Waals surface area contributed by atoms with Crippen molar-refractivity contribution in [2.45, 2.75) is 39.3 Å². The van der Waals surface area contributed by atoms with Gasteiger partial charge < -0.3 is 15.1 Å². The summed E-state index contributed by atoms with van der Waals surface area (Å²) < 4.78 is 0. The van der Waals surface area contributed by atoms with Gasteiger partial charge in [-0.1, -0.05) is 38.1 Å². The van der Waals surface area contributed by atoms with Gasteiger partial charge in [0, 0.05) is 38.3 Å². The number of hydrogen-bond donors (Lipinski definition) is 1. The predicted molar refractivity (Wildman–Crippen MR) is 99.2 cm³/mol. The number of benzene rings is 1. The molecule has 1 aromatic rings. The van der Waals surface area contributed by atoms with Crippen LogP contribution >= 0.6 is 0 Å². The maximum absolute atomic E-state index is 12.7. The molecule has 2 amide bonds. The Morgan fingerprint density at radius 2 is 2.00 bits per heavy atom. The molecule has 1 N–H and O–H groups in total. The first-order chi connectivity index (χ1) is 12.1. The largest absolute Gasteiger partial charge is 0.364 e. The van der Waals surface area contributed by atoms with Gasteiger partial charge in [0.25, 0.3) is 0 Å². The van der Waals surface area contributed by atoms with E-state index in [0.717, 1.165) is 25.1 Å². The Kier molecular flexibility index (Phi) is 5.41. The molecular formula is C20H27N3O2. The Balaban J connectivity index is 1.62. The number of carbonyl (C=O) groups is 2. The summed E-state index contributed by atoms with van der Waals surface area (Å²) in [7, 11) is 0. The molecule has 3 rings (SSSR count). The molecule has 1 aromatic carbocycles. The lowest BCUT2D eigenvalue weighted by atomic mass is 10.0. The Labute approximate surface area is 149 Å². The minimum absolute atomic E-state index is 0.0570. The van der Waals surface area contributed by atoms with Crippen molar-refractivity contribution in [3.8, 4) is 0 Å². The van der Waals surface area contributed by atoms with Crippen molar-refractivity contribution in [1.29, 1.82) is 0 Å². The molecule has 134 valence electrons. The molecule has 0 unspecified atom stereocenters. The van der Waals surface area contributed by atoms with Gasteiger partial charge in [-0.15, -0.1) is 0 Å². The quantitative estimate of drug-likeness (QED) is 0.808. The van der Waals surface area contributed by atoms with E-state index >= 15 is 0 Å². The highest BCUT2D eigenvalue weighted by Gasteiger charge is 2.34. The van der Waals surface area contributed by atoms with Crippen LogP contribution in [0.1, 0.15) is 32.3 Å². The van der Waals surface area contributed by atoms with Gasteiger partial charge >= 0.3 is 0 Å². The number of carbonyl (C=O) groups excluding carboxylic acids is 2. The van der Waals surface area contributed by atoms with Crippen molar-refractivity contribution in [1.82, 2.24) is 10.2 Å². The van der Waals surface area contributed by atoms with E-state index in [1.165, 1.54) is 5.69 Å². The summed E-state index contributed by atoms with van der Waals surface area (Å²) in [4.78, 5) is 28.8. The van der Waals surface area contributed by atoms with Crippen LogP contribution < -0.4 is 10.2 Å². The number of hydrogen-bond acceptors (Lipinski definition) is 3. The molecule has 0 radical (unpaired) electrons. The molecule has 5 nitrogen and oxygen atoms in total. The highest BCUT2D eigenvalue weighted by Crippen LogP contribution is 2.21. The molecule has 2 aliphatic heterocycles. The zero-order chi connectivity index (χ0) is 17.8. The molecule has 1 saturated heterocycles. The molecule has 0 aromatic heterocycles. The van der Waals surface area contributed by atoms with Crippen LogP contribution in [0, 0.1) is 5.92 Å². The normalized spacial score (nSPS) is 18.3. The summed E-state index contributed by atoms with van der Waals surface area (Å²) in [6.07, 6.45) is 5.73. The molecule has 0 saturated carbocycles. The molecule has 0 spiro atoms. The van der Waals surface area contributed by atoms with Crippen molar-refractivity contribution in [3.63, 3.8) is 0 Å². The fourth-order valence-corrected chi connectivity index (χ4v) is 3.61. The SMILES string of the molecule is CC(C)[C@@H](C(=O)NCc1cccc(N2CC=CC2)c1)N1CCCC1=O. The summed E-state index contributed by atoms with van der Waals surface area (Å²) in [6.45, 7) is 7.03. The third-order valence-electron chi connectivity index (χ3n) is 4.91. The third kappa shape index (κ3) is 4.03. The second kappa shape index (κ2) is 7.72. The molecule has 1 atom stereocenters. The number of rotatable bonds is 6. The summed E-state index contributed by atoms with van der Waals surface area (Å²) >= 11 is 0. The Morgan fingerprint density at radius 1 is 1.24 bits per heavy atom. The Hall–Kier alpha value is -2.30. The van der Waals surface area contributed by atoms with Crippen LogP contribution in [0.4, 0.5) is 5.69 Å². The van der Waals surface area contributed by atoms with Crippen molar-refractivity contribution >= 4 is 17.5 Å². The first-order valence-corrected chi connectivity index (χ1v) is 9.12. The van der Waals surface area contributed by atoms with Crippen LogP contribution in [0.15, 0.2) is 36.4 Å². The van der Waals surface area contributed by atoms with E-state index in [2.05, 4.69) is 34.5 Å². The fourth-order valence-electron chi connectivity index (χ4n) is 3.61. The summed E-state index contributed by atoms with van der Waals surface area (Å²) in [5.74, 6) is 0.139. The zero-order valence-electron chi connectivity index (χ0n) is 15.1. The molecule has 2 aliphatic rings. The zero-order valence-corrected chi connectivity index (χ0v) is 15.1. The first-order valence-electron chi connectivity index (χ1n) is 9.12. The average Bonchev–Trinajstić information content (AvgIpc) is 3.26. The van der Waals surface area contributed by atoms with Gasteiger partial charge in [-0.05, 0) is 30.0 Å². The smallest absolute Gasteiger partial charge is 0.243 e. The number of nitrogens with zero attached hydrogens (tertiary/aromatic N) is 2. The fraction of sp³-hybridized carbons (Fsp3) is 0.500. The van der Waals surface area contributed by atoms with E-state index in [0.29, 0.717) is 19.5 Å². The van der Waals surface area contributed by atoms with Crippen LogP contribution in [0.5, 0.6) is 0 Å². The second-order valence-corrected chi connectivity index (χ2v) is 7.14. The first kappa shape index (κ1) is 17.5. The molecule has 0 bridgehead atoms. The van der Waals surface area contributed by atoms with Gasteiger partial charge in [0.2, 0.25) is 11.8 Å². The number of amides is 2. The van der Waals surface area contributed by atoms with Crippen molar-refractivity contribution in [2.75, 3.05) is 24.5 Å². The van der Waals surface area contributed by atoms with Crippen LogP contribution in [0.3, 0.4) is 0 Å². The molecular weight excluding hydrogens is 314 g/mol. The number of likely N-dealkylation sites (tertiary alicyclic amines) is 1. The molecule has 2 heterocycles. The summed E-state index contributed by atoms with van der Waals surface area (Å²) in [5, 5.41) is 3.03. The average molecular weight is 341 g/mol. The van der Waals surface area contributed by atoms with Crippen LogP contribution in [-0.4, -0.2) is 42.4 Å². The lowest BCUT2D eigenvalue weighted by Gasteiger charge is -2.30. The minimum Gasteiger partial charge on any atom is -0.364 e. The van der Waals surface area contributed by atoms with E-state index in [-0.39, 0.29) is 23.8 Å².